The van der Waals surface area contributed by atoms with Crippen molar-refractivity contribution in [1.82, 2.24) is 19.8 Å². The van der Waals surface area contributed by atoms with Gasteiger partial charge in [0.25, 0.3) is 5.91 Å². The van der Waals surface area contributed by atoms with E-state index in [-0.39, 0.29) is 11.4 Å². The molecule has 2 heterocycles. The summed E-state index contributed by atoms with van der Waals surface area (Å²) in [6.45, 7) is 5.36. The number of fused-ring (bicyclic) bond motifs is 1. The van der Waals surface area contributed by atoms with Crippen molar-refractivity contribution >= 4 is 32.6 Å². The Hall–Kier alpha value is -2.96. The van der Waals surface area contributed by atoms with Crippen molar-refractivity contribution in [3.8, 4) is 0 Å². The van der Waals surface area contributed by atoms with E-state index < -0.39 is 0 Å². The first-order valence-corrected chi connectivity index (χ1v) is 13.6. The van der Waals surface area contributed by atoms with Crippen LogP contribution in [0.1, 0.15) is 47.8 Å². The first-order chi connectivity index (χ1) is 17.6. The van der Waals surface area contributed by atoms with E-state index in [2.05, 4.69) is 85.1 Å². The molecule has 36 heavy (non-hydrogen) atoms. The smallest absolute Gasteiger partial charge is 0.254 e. The van der Waals surface area contributed by atoms with Gasteiger partial charge in [0.05, 0.1) is 6.33 Å². The first kappa shape index (κ1) is 24.7. The topological polar surface area (TPSA) is 52.2 Å². The summed E-state index contributed by atoms with van der Waals surface area (Å²) >= 11 is 3.56. The summed E-state index contributed by atoms with van der Waals surface area (Å²) in [6.07, 6.45) is 7.78. The van der Waals surface area contributed by atoms with Crippen LogP contribution < -0.4 is 0 Å². The Labute approximate surface area is 221 Å². The Kier molecular flexibility index (Phi) is 7.54. The number of unbranched alkanes of at least 4 members (excludes halogenated alkanes) is 1. The van der Waals surface area contributed by atoms with Crippen LogP contribution in [-0.4, -0.2) is 50.8 Å². The van der Waals surface area contributed by atoms with Crippen molar-refractivity contribution in [2.45, 2.75) is 44.7 Å². The van der Waals surface area contributed by atoms with Gasteiger partial charge in [-0.3, -0.25) is 9.69 Å². The van der Waals surface area contributed by atoms with E-state index in [0.717, 1.165) is 71.8 Å². The predicted octanol–water partition coefficient (Wildman–Crippen LogP) is 6.46. The Morgan fingerprint density at radius 1 is 1.06 bits per heavy atom. The predicted molar refractivity (Wildman–Crippen MR) is 149 cm³/mol. The highest BCUT2D eigenvalue weighted by Gasteiger charge is 2.43. The third-order valence-electron chi connectivity index (χ3n) is 7.46. The van der Waals surface area contributed by atoms with E-state index in [4.69, 9.17) is 0 Å². The number of benzene rings is 3. The standard InChI is InChI=1S/C30H33BrN4O/c1-2-3-15-30(18-26-19-32-22-33-26)21-34(16-17-35(30)20-23-11-13-25(31)14-12-23)29(36)28-10-6-8-24-7-4-5-9-27(24)28/h4-14,19,22H,2-3,15-18,20-21H2,1H3,(H,32,33)/t30-/m0/s1. The van der Waals surface area contributed by atoms with Crippen LogP contribution in [0.4, 0.5) is 0 Å². The van der Waals surface area contributed by atoms with Crippen molar-refractivity contribution in [2.24, 2.45) is 0 Å². The van der Waals surface area contributed by atoms with Gasteiger partial charge in [-0.25, -0.2) is 4.98 Å². The summed E-state index contributed by atoms with van der Waals surface area (Å²) in [7, 11) is 0. The summed E-state index contributed by atoms with van der Waals surface area (Å²) in [5, 5.41) is 2.13. The second-order valence-corrected chi connectivity index (χ2v) is 10.8. The number of H-pyrrole nitrogens is 1. The number of hydrogen-bond acceptors (Lipinski definition) is 3. The normalized spacial score (nSPS) is 18.6. The molecule has 1 N–H and O–H groups in total. The fraction of sp³-hybridized carbons (Fsp3) is 0.333. The maximum atomic E-state index is 14.0. The van der Waals surface area contributed by atoms with Crippen molar-refractivity contribution < 1.29 is 4.79 Å². The minimum Gasteiger partial charge on any atom is -0.348 e. The highest BCUT2D eigenvalue weighted by atomic mass is 79.9. The summed E-state index contributed by atoms with van der Waals surface area (Å²) in [5.41, 5.74) is 3.03. The van der Waals surface area contributed by atoms with Gasteiger partial charge in [-0.1, -0.05) is 84.2 Å². The molecule has 1 aliphatic heterocycles. The SMILES string of the molecule is CCCC[C@]1(Cc2cnc[nH]2)CN(C(=O)c2cccc3ccccc23)CCN1Cc1ccc(Br)cc1. The summed E-state index contributed by atoms with van der Waals surface area (Å²) in [4.78, 5) is 26.3. The number of rotatable bonds is 8. The van der Waals surface area contributed by atoms with Gasteiger partial charge in [-0.05, 0) is 41.0 Å². The van der Waals surface area contributed by atoms with Gasteiger partial charge in [-0.15, -0.1) is 0 Å². The maximum Gasteiger partial charge on any atom is 0.254 e. The second-order valence-electron chi connectivity index (χ2n) is 9.88. The summed E-state index contributed by atoms with van der Waals surface area (Å²) in [6, 6.07) is 22.8. The average molecular weight is 546 g/mol. The van der Waals surface area contributed by atoms with E-state index in [0.29, 0.717) is 6.54 Å². The van der Waals surface area contributed by atoms with E-state index in [1.165, 1.54) is 5.56 Å². The molecule has 1 atom stereocenters. The Bertz CT molecular complexity index is 1300. The molecular formula is C30H33BrN4O. The summed E-state index contributed by atoms with van der Waals surface area (Å²) in [5.74, 6) is 0.126. The van der Waals surface area contributed by atoms with Gasteiger partial charge in [0.1, 0.15) is 0 Å². The fourth-order valence-electron chi connectivity index (χ4n) is 5.56. The molecule has 1 saturated heterocycles. The minimum atomic E-state index is -0.173. The number of piperazine rings is 1. The van der Waals surface area contributed by atoms with E-state index in [1.807, 2.05) is 30.5 Å². The highest BCUT2D eigenvalue weighted by molar-refractivity contribution is 9.10. The number of hydrogen-bond donors (Lipinski definition) is 1. The molecule has 0 radical (unpaired) electrons. The van der Waals surface area contributed by atoms with Crippen LogP contribution in [0.15, 0.2) is 83.7 Å². The van der Waals surface area contributed by atoms with Crippen molar-refractivity contribution in [3.05, 3.63) is 101 Å². The zero-order valence-electron chi connectivity index (χ0n) is 20.8. The summed E-state index contributed by atoms with van der Waals surface area (Å²) < 4.78 is 1.09. The lowest BCUT2D eigenvalue weighted by molar-refractivity contribution is -0.0114. The Balaban J connectivity index is 1.49. The van der Waals surface area contributed by atoms with Crippen LogP contribution in [0.25, 0.3) is 10.8 Å². The number of nitrogens with zero attached hydrogens (tertiary/aromatic N) is 3. The third-order valence-corrected chi connectivity index (χ3v) is 7.99. The molecule has 5 rings (SSSR count). The highest BCUT2D eigenvalue weighted by Crippen LogP contribution is 2.34. The number of halogens is 1. The van der Waals surface area contributed by atoms with Crippen LogP contribution in [0, 0.1) is 0 Å². The molecule has 5 nitrogen and oxygen atoms in total. The number of imidazole rings is 1. The fourth-order valence-corrected chi connectivity index (χ4v) is 5.82. The van der Waals surface area contributed by atoms with E-state index in [1.54, 1.807) is 6.33 Å². The molecule has 0 unspecified atom stereocenters. The number of aromatic amines is 1. The van der Waals surface area contributed by atoms with Gasteiger partial charge >= 0.3 is 0 Å². The third kappa shape index (κ3) is 5.25. The molecule has 0 aliphatic carbocycles. The Morgan fingerprint density at radius 2 is 1.86 bits per heavy atom. The molecule has 1 aromatic heterocycles. The van der Waals surface area contributed by atoms with Crippen LogP contribution >= 0.6 is 15.9 Å². The molecule has 1 fully saturated rings. The molecule has 186 valence electrons. The van der Waals surface area contributed by atoms with Crippen LogP contribution in [0.2, 0.25) is 0 Å². The average Bonchev–Trinajstić information content (AvgIpc) is 3.42. The molecule has 3 aromatic carbocycles. The molecular weight excluding hydrogens is 512 g/mol. The van der Waals surface area contributed by atoms with E-state index in [9.17, 15) is 4.79 Å². The van der Waals surface area contributed by atoms with Crippen molar-refractivity contribution in [1.29, 1.82) is 0 Å². The largest absolute Gasteiger partial charge is 0.348 e. The van der Waals surface area contributed by atoms with Gasteiger partial charge in [0, 0.05) is 60.1 Å². The van der Waals surface area contributed by atoms with Gasteiger partial charge in [0.15, 0.2) is 0 Å². The lowest BCUT2D eigenvalue weighted by atomic mass is 9.82. The van der Waals surface area contributed by atoms with Crippen molar-refractivity contribution in [3.63, 3.8) is 0 Å². The molecule has 0 spiro atoms. The van der Waals surface area contributed by atoms with Gasteiger partial charge < -0.3 is 9.88 Å². The number of nitrogens with one attached hydrogen (secondary N) is 1. The number of amides is 1. The zero-order chi connectivity index (χ0) is 25.0. The van der Waals surface area contributed by atoms with Crippen LogP contribution in [-0.2, 0) is 13.0 Å². The Morgan fingerprint density at radius 3 is 2.64 bits per heavy atom. The second kappa shape index (κ2) is 11.0. The van der Waals surface area contributed by atoms with Gasteiger partial charge in [0.2, 0.25) is 0 Å². The van der Waals surface area contributed by atoms with Crippen LogP contribution in [0.3, 0.4) is 0 Å². The quantitative estimate of drug-likeness (QED) is 0.277. The lowest BCUT2D eigenvalue weighted by Crippen LogP contribution is -2.64. The molecule has 6 heteroatoms. The van der Waals surface area contributed by atoms with Gasteiger partial charge in [-0.2, -0.15) is 0 Å². The maximum absolute atomic E-state index is 14.0. The molecule has 1 aliphatic rings. The number of carbonyl (C=O) groups is 1. The number of carbonyl (C=O) groups excluding carboxylic acids is 1. The molecule has 1 amide bonds. The van der Waals surface area contributed by atoms with Crippen molar-refractivity contribution in [2.75, 3.05) is 19.6 Å². The van der Waals surface area contributed by atoms with E-state index >= 15 is 0 Å². The molecule has 4 aromatic rings. The first-order valence-electron chi connectivity index (χ1n) is 12.8. The minimum absolute atomic E-state index is 0.126. The zero-order valence-corrected chi connectivity index (χ0v) is 22.4. The monoisotopic (exact) mass is 544 g/mol. The van der Waals surface area contributed by atoms with Crippen LogP contribution in [0.5, 0.6) is 0 Å². The number of aromatic nitrogens is 2. The molecule has 0 bridgehead atoms. The molecule has 0 saturated carbocycles. The lowest BCUT2D eigenvalue weighted by Gasteiger charge is -2.51.